The number of ether oxygens (including phenoxy) is 1. The molecule has 0 aliphatic carbocycles. The van der Waals surface area contributed by atoms with Gasteiger partial charge in [-0.1, -0.05) is 19.1 Å². The van der Waals surface area contributed by atoms with Gasteiger partial charge in [-0.3, -0.25) is 9.78 Å². The lowest BCUT2D eigenvalue weighted by Gasteiger charge is -2.16. The van der Waals surface area contributed by atoms with Crippen LogP contribution in [0.3, 0.4) is 0 Å². The van der Waals surface area contributed by atoms with Crippen molar-refractivity contribution in [1.29, 1.82) is 5.26 Å². The Hall–Kier alpha value is -3.99. The second kappa shape index (κ2) is 9.88. The first-order chi connectivity index (χ1) is 15.7. The molecule has 0 spiro atoms. The minimum absolute atomic E-state index is 0.197. The third kappa shape index (κ3) is 4.83. The summed E-state index contributed by atoms with van der Waals surface area (Å²) in [6.45, 7) is 3.87. The number of hydrogen-bond donors (Lipinski definition) is 2. The lowest BCUT2D eigenvalue weighted by atomic mass is 10.00. The summed E-state index contributed by atoms with van der Waals surface area (Å²) in [5, 5.41) is 14.7. The van der Waals surface area contributed by atoms with Crippen LogP contribution in [-0.4, -0.2) is 40.6 Å². The summed E-state index contributed by atoms with van der Waals surface area (Å²) in [5.41, 5.74) is 4.37. The summed E-state index contributed by atoms with van der Waals surface area (Å²) in [6, 6.07) is 13.1. The van der Waals surface area contributed by atoms with Gasteiger partial charge in [-0.15, -0.1) is 0 Å². The van der Waals surface area contributed by atoms with E-state index in [1.54, 1.807) is 12.1 Å². The number of nitriles is 1. The molecule has 3 heterocycles. The average molecular weight is 428 g/mol. The first-order valence-corrected chi connectivity index (χ1v) is 10.6. The van der Waals surface area contributed by atoms with Crippen molar-refractivity contribution < 1.29 is 9.53 Å². The molecule has 2 aromatic heterocycles. The zero-order chi connectivity index (χ0) is 22.3. The van der Waals surface area contributed by atoms with Gasteiger partial charge in [0.2, 0.25) is 0 Å². The Morgan fingerprint density at radius 1 is 1.22 bits per heavy atom. The lowest BCUT2D eigenvalue weighted by molar-refractivity contribution is 0.0954. The topological polar surface area (TPSA) is 113 Å². The Morgan fingerprint density at radius 2 is 2.06 bits per heavy atom. The van der Waals surface area contributed by atoms with E-state index in [0.29, 0.717) is 25.3 Å². The molecule has 162 valence electrons. The van der Waals surface area contributed by atoms with E-state index in [1.165, 1.54) is 6.33 Å². The monoisotopic (exact) mass is 428 g/mol. The van der Waals surface area contributed by atoms with Crippen LogP contribution < -0.4 is 15.4 Å². The zero-order valence-electron chi connectivity index (χ0n) is 17.8. The fraction of sp³-hybridized carbons (Fsp3) is 0.292. The van der Waals surface area contributed by atoms with Gasteiger partial charge < -0.3 is 15.4 Å². The number of pyridine rings is 1. The second-order valence-electron chi connectivity index (χ2n) is 7.59. The predicted molar refractivity (Wildman–Crippen MR) is 120 cm³/mol. The molecule has 1 amide bonds. The van der Waals surface area contributed by atoms with Crippen LogP contribution in [0.1, 0.15) is 40.9 Å². The van der Waals surface area contributed by atoms with Crippen molar-refractivity contribution in [2.45, 2.75) is 25.7 Å². The van der Waals surface area contributed by atoms with Crippen LogP contribution in [0.5, 0.6) is 5.75 Å². The van der Waals surface area contributed by atoms with Crippen LogP contribution in [-0.2, 0) is 6.42 Å². The standard InChI is InChI=1S/C24H24N6O2/c1-16(19-7-11-26-20-8-12-32-23(19)20)14-28-22-13-21(29-15-30-22)17-3-5-18(6-4-17)24(31)27-10-2-9-25/h3-7,11,13,15-16H,2,8,10,12,14H2,1H3,(H,27,31)(H,28,29,30)/t16-/m1/s1. The lowest BCUT2D eigenvalue weighted by Crippen LogP contribution is -2.24. The number of carbonyl (C=O) groups is 1. The molecule has 3 aromatic rings. The normalized spacial score (nSPS) is 12.9. The van der Waals surface area contributed by atoms with E-state index in [0.717, 1.165) is 40.5 Å². The highest BCUT2D eigenvalue weighted by molar-refractivity contribution is 5.94. The number of benzene rings is 1. The highest BCUT2D eigenvalue weighted by Crippen LogP contribution is 2.33. The highest BCUT2D eigenvalue weighted by Gasteiger charge is 2.20. The van der Waals surface area contributed by atoms with E-state index in [1.807, 2.05) is 36.5 Å². The molecule has 0 bridgehead atoms. The van der Waals surface area contributed by atoms with Crippen molar-refractivity contribution in [3.05, 3.63) is 65.7 Å². The van der Waals surface area contributed by atoms with Gasteiger partial charge in [-0.25, -0.2) is 9.97 Å². The Labute approximate surface area is 186 Å². The van der Waals surface area contributed by atoms with E-state index in [-0.39, 0.29) is 18.2 Å². The number of nitrogens with one attached hydrogen (secondary N) is 2. The number of carbonyl (C=O) groups excluding carboxylic acids is 1. The summed E-state index contributed by atoms with van der Waals surface area (Å²) in [5.74, 6) is 1.67. The van der Waals surface area contributed by atoms with Gasteiger partial charge in [0.15, 0.2) is 0 Å². The van der Waals surface area contributed by atoms with E-state index >= 15 is 0 Å². The van der Waals surface area contributed by atoms with Gasteiger partial charge in [-0.05, 0) is 18.2 Å². The molecule has 0 unspecified atom stereocenters. The van der Waals surface area contributed by atoms with Crippen molar-refractivity contribution in [3.8, 4) is 23.1 Å². The number of hydrogen-bond acceptors (Lipinski definition) is 7. The van der Waals surface area contributed by atoms with Gasteiger partial charge >= 0.3 is 0 Å². The number of nitrogens with zero attached hydrogens (tertiary/aromatic N) is 4. The molecule has 1 aromatic carbocycles. The Bertz CT molecular complexity index is 1140. The molecular weight excluding hydrogens is 404 g/mol. The molecule has 8 nitrogen and oxygen atoms in total. The fourth-order valence-corrected chi connectivity index (χ4v) is 3.60. The molecule has 0 saturated carbocycles. The van der Waals surface area contributed by atoms with Crippen LogP contribution in [0.4, 0.5) is 5.82 Å². The first kappa shape index (κ1) is 21.2. The predicted octanol–water partition coefficient (Wildman–Crippen LogP) is 3.33. The third-order valence-electron chi connectivity index (χ3n) is 5.35. The van der Waals surface area contributed by atoms with E-state index in [9.17, 15) is 4.79 Å². The van der Waals surface area contributed by atoms with Crippen molar-refractivity contribution in [2.24, 2.45) is 0 Å². The zero-order valence-corrected chi connectivity index (χ0v) is 17.8. The molecule has 32 heavy (non-hydrogen) atoms. The quantitative estimate of drug-likeness (QED) is 0.529. The third-order valence-corrected chi connectivity index (χ3v) is 5.35. The van der Waals surface area contributed by atoms with E-state index < -0.39 is 0 Å². The smallest absolute Gasteiger partial charge is 0.251 e. The molecule has 1 aliphatic rings. The van der Waals surface area contributed by atoms with Crippen LogP contribution >= 0.6 is 0 Å². The molecule has 1 aliphatic heterocycles. The number of amides is 1. The first-order valence-electron chi connectivity index (χ1n) is 10.6. The van der Waals surface area contributed by atoms with Crippen molar-refractivity contribution in [1.82, 2.24) is 20.3 Å². The molecule has 0 radical (unpaired) electrons. The maximum absolute atomic E-state index is 12.1. The van der Waals surface area contributed by atoms with Crippen molar-refractivity contribution >= 4 is 11.7 Å². The van der Waals surface area contributed by atoms with Crippen molar-refractivity contribution in [3.63, 3.8) is 0 Å². The van der Waals surface area contributed by atoms with E-state index in [2.05, 4.69) is 32.5 Å². The molecule has 4 rings (SSSR count). The van der Waals surface area contributed by atoms with Crippen LogP contribution in [0.15, 0.2) is 48.9 Å². The van der Waals surface area contributed by atoms with Gasteiger partial charge in [0.05, 0.1) is 30.5 Å². The second-order valence-corrected chi connectivity index (χ2v) is 7.59. The summed E-state index contributed by atoms with van der Waals surface area (Å²) in [4.78, 5) is 25.2. The maximum Gasteiger partial charge on any atom is 0.251 e. The largest absolute Gasteiger partial charge is 0.491 e. The van der Waals surface area contributed by atoms with Gasteiger partial charge in [-0.2, -0.15) is 5.26 Å². The number of aromatic nitrogens is 3. The molecule has 8 heteroatoms. The number of rotatable bonds is 8. The van der Waals surface area contributed by atoms with Gasteiger partial charge in [0, 0.05) is 54.4 Å². The molecule has 0 saturated heterocycles. The Kier molecular flexibility index (Phi) is 6.56. The van der Waals surface area contributed by atoms with E-state index in [4.69, 9.17) is 10.00 Å². The van der Waals surface area contributed by atoms with Crippen molar-refractivity contribution in [2.75, 3.05) is 25.0 Å². The van der Waals surface area contributed by atoms with Gasteiger partial charge in [0.25, 0.3) is 5.91 Å². The number of anilines is 1. The SMILES string of the molecule is C[C@H](CNc1cc(-c2ccc(C(=O)NCCC#N)cc2)ncn1)c1ccnc2c1OCC2. The van der Waals surface area contributed by atoms with Crippen LogP contribution in [0.25, 0.3) is 11.3 Å². The summed E-state index contributed by atoms with van der Waals surface area (Å²) in [6.07, 6.45) is 4.52. The highest BCUT2D eigenvalue weighted by atomic mass is 16.5. The van der Waals surface area contributed by atoms with Crippen LogP contribution in [0, 0.1) is 11.3 Å². The molecule has 0 fully saturated rings. The minimum atomic E-state index is -0.197. The van der Waals surface area contributed by atoms with Gasteiger partial charge in [0.1, 0.15) is 17.9 Å². The molecular formula is C24H24N6O2. The summed E-state index contributed by atoms with van der Waals surface area (Å²) >= 11 is 0. The molecule has 1 atom stereocenters. The summed E-state index contributed by atoms with van der Waals surface area (Å²) < 4.78 is 5.77. The minimum Gasteiger partial charge on any atom is -0.491 e. The number of fused-ring (bicyclic) bond motifs is 1. The Morgan fingerprint density at radius 3 is 2.88 bits per heavy atom. The molecule has 2 N–H and O–H groups in total. The average Bonchev–Trinajstić information content (AvgIpc) is 3.32. The maximum atomic E-state index is 12.1. The van der Waals surface area contributed by atoms with Crippen LogP contribution in [0.2, 0.25) is 0 Å². The summed E-state index contributed by atoms with van der Waals surface area (Å²) in [7, 11) is 0. The Balaban J connectivity index is 1.40. The fourth-order valence-electron chi connectivity index (χ4n) is 3.60.